The SMILES string of the molecule is CC(C)CCc1nc2c(o1)CCN(C(=O)[C@@H](N)CCCNC(N)=O)C2.Cl. The van der Waals surface area contributed by atoms with Crippen LogP contribution in [0.2, 0.25) is 0 Å². The highest BCUT2D eigenvalue weighted by molar-refractivity contribution is 5.85. The fourth-order valence-electron chi connectivity index (χ4n) is 2.85. The van der Waals surface area contributed by atoms with E-state index in [1.54, 1.807) is 4.90 Å². The normalized spacial score (nSPS) is 14.5. The highest BCUT2D eigenvalue weighted by atomic mass is 35.5. The Morgan fingerprint density at radius 2 is 2.08 bits per heavy atom. The number of aromatic nitrogens is 1. The second-order valence-electron chi connectivity index (χ2n) is 6.96. The third-order valence-electron chi connectivity index (χ3n) is 4.33. The Bertz CT molecular complexity index is 605. The van der Waals surface area contributed by atoms with Gasteiger partial charge in [-0.2, -0.15) is 0 Å². The first-order valence-electron chi connectivity index (χ1n) is 8.92. The summed E-state index contributed by atoms with van der Waals surface area (Å²) in [6.07, 6.45) is 3.64. The van der Waals surface area contributed by atoms with Gasteiger partial charge in [-0.3, -0.25) is 4.79 Å². The van der Waals surface area contributed by atoms with Crippen molar-refractivity contribution < 1.29 is 14.0 Å². The van der Waals surface area contributed by atoms with E-state index < -0.39 is 12.1 Å². The quantitative estimate of drug-likeness (QED) is 0.580. The summed E-state index contributed by atoms with van der Waals surface area (Å²) in [5.74, 6) is 2.16. The molecule has 1 aromatic rings. The van der Waals surface area contributed by atoms with Gasteiger partial charge in [0.05, 0.1) is 12.6 Å². The number of urea groups is 1. The molecule has 0 fully saturated rings. The number of nitrogens with one attached hydrogen (secondary N) is 1. The van der Waals surface area contributed by atoms with E-state index in [1.807, 2.05) is 0 Å². The third kappa shape index (κ3) is 6.49. The molecular weight excluding hydrogens is 358 g/mol. The molecule has 1 aliphatic heterocycles. The Labute approximate surface area is 160 Å². The minimum Gasteiger partial charge on any atom is -0.445 e. The highest BCUT2D eigenvalue weighted by Crippen LogP contribution is 2.22. The topological polar surface area (TPSA) is 127 Å². The van der Waals surface area contributed by atoms with Crippen LogP contribution < -0.4 is 16.8 Å². The Hall–Kier alpha value is -1.80. The zero-order valence-electron chi connectivity index (χ0n) is 15.5. The molecule has 0 bridgehead atoms. The fraction of sp³-hybridized carbons (Fsp3) is 0.706. The fourth-order valence-corrected chi connectivity index (χ4v) is 2.85. The van der Waals surface area contributed by atoms with Gasteiger partial charge < -0.3 is 26.1 Å². The third-order valence-corrected chi connectivity index (χ3v) is 4.33. The Morgan fingerprint density at radius 3 is 2.73 bits per heavy atom. The number of hydrogen-bond donors (Lipinski definition) is 3. The van der Waals surface area contributed by atoms with Crippen LogP contribution in [0.4, 0.5) is 4.79 Å². The average Bonchev–Trinajstić information content (AvgIpc) is 2.97. The monoisotopic (exact) mass is 387 g/mol. The number of carbonyl (C=O) groups excluding carboxylic acids is 2. The number of hydrogen-bond acceptors (Lipinski definition) is 5. The van der Waals surface area contributed by atoms with E-state index in [4.69, 9.17) is 15.9 Å². The molecule has 148 valence electrons. The summed E-state index contributed by atoms with van der Waals surface area (Å²) in [4.78, 5) is 29.4. The van der Waals surface area contributed by atoms with Crippen LogP contribution in [-0.2, 0) is 24.2 Å². The molecule has 0 saturated carbocycles. The van der Waals surface area contributed by atoms with Crippen molar-refractivity contribution in [3.8, 4) is 0 Å². The summed E-state index contributed by atoms with van der Waals surface area (Å²) >= 11 is 0. The predicted molar refractivity (Wildman–Crippen MR) is 101 cm³/mol. The maximum atomic E-state index is 12.5. The van der Waals surface area contributed by atoms with Gasteiger partial charge >= 0.3 is 6.03 Å². The summed E-state index contributed by atoms with van der Waals surface area (Å²) in [6, 6.07) is -1.15. The van der Waals surface area contributed by atoms with Crippen LogP contribution >= 0.6 is 12.4 Å². The maximum absolute atomic E-state index is 12.5. The smallest absolute Gasteiger partial charge is 0.312 e. The van der Waals surface area contributed by atoms with Crippen molar-refractivity contribution in [2.45, 2.75) is 58.5 Å². The van der Waals surface area contributed by atoms with Crippen LogP contribution in [0.3, 0.4) is 0 Å². The molecule has 26 heavy (non-hydrogen) atoms. The lowest BCUT2D eigenvalue weighted by atomic mass is 10.1. The number of oxazole rings is 1. The Kier molecular flexibility index (Phi) is 8.87. The zero-order valence-corrected chi connectivity index (χ0v) is 16.3. The summed E-state index contributed by atoms with van der Waals surface area (Å²) in [5.41, 5.74) is 11.8. The number of aryl methyl sites for hydroxylation is 1. The molecule has 0 spiro atoms. The molecule has 0 saturated heterocycles. The molecule has 2 heterocycles. The number of rotatable bonds is 8. The van der Waals surface area contributed by atoms with Gasteiger partial charge in [-0.05, 0) is 25.2 Å². The van der Waals surface area contributed by atoms with Crippen LogP contribution in [0, 0.1) is 5.92 Å². The van der Waals surface area contributed by atoms with Crippen LogP contribution in [0.25, 0.3) is 0 Å². The van der Waals surface area contributed by atoms with E-state index in [0.717, 1.165) is 30.2 Å². The van der Waals surface area contributed by atoms with Gasteiger partial charge in [-0.1, -0.05) is 13.8 Å². The van der Waals surface area contributed by atoms with E-state index in [-0.39, 0.29) is 18.3 Å². The number of amides is 3. The van der Waals surface area contributed by atoms with E-state index in [9.17, 15) is 9.59 Å². The van der Waals surface area contributed by atoms with Crippen LogP contribution in [0.5, 0.6) is 0 Å². The standard InChI is InChI=1S/C17H29N5O3.ClH/c1-11(2)5-6-15-21-13-10-22(9-7-14(13)25-15)16(23)12(18)4-3-8-20-17(19)24;/h11-12H,3-10,18H2,1-2H3,(H3,19,20,24);1H/t12-;/m0./s1. The number of primary amides is 1. The largest absolute Gasteiger partial charge is 0.445 e. The molecule has 0 radical (unpaired) electrons. The van der Waals surface area contributed by atoms with Gasteiger partial charge in [-0.25, -0.2) is 9.78 Å². The lowest BCUT2D eigenvalue weighted by molar-refractivity contribution is -0.133. The summed E-state index contributed by atoms with van der Waals surface area (Å²) < 4.78 is 5.81. The van der Waals surface area contributed by atoms with Gasteiger partial charge in [-0.15, -0.1) is 12.4 Å². The first kappa shape index (κ1) is 22.2. The number of nitrogens with two attached hydrogens (primary N) is 2. The van der Waals surface area contributed by atoms with E-state index >= 15 is 0 Å². The average molecular weight is 388 g/mol. The number of halogens is 1. The Balaban J connectivity index is 0.00000338. The second-order valence-corrected chi connectivity index (χ2v) is 6.96. The molecule has 1 aromatic heterocycles. The number of carbonyl (C=O) groups is 2. The molecule has 9 heteroatoms. The van der Waals surface area contributed by atoms with Crippen LogP contribution in [0.1, 0.15) is 50.5 Å². The first-order chi connectivity index (χ1) is 11.9. The molecule has 2 rings (SSSR count). The molecular formula is C17H30ClN5O3. The van der Waals surface area contributed by atoms with Crippen molar-refractivity contribution in [2.75, 3.05) is 13.1 Å². The predicted octanol–water partition coefficient (Wildman–Crippen LogP) is 1.35. The van der Waals surface area contributed by atoms with Crippen molar-refractivity contribution in [1.29, 1.82) is 0 Å². The van der Waals surface area contributed by atoms with Crippen LogP contribution in [0.15, 0.2) is 4.42 Å². The van der Waals surface area contributed by atoms with Crippen molar-refractivity contribution in [3.05, 3.63) is 17.3 Å². The van der Waals surface area contributed by atoms with E-state index in [0.29, 0.717) is 44.8 Å². The lowest BCUT2D eigenvalue weighted by Crippen LogP contribution is -2.46. The molecule has 8 nitrogen and oxygen atoms in total. The minimum absolute atomic E-state index is 0. The second kappa shape index (κ2) is 10.4. The van der Waals surface area contributed by atoms with Crippen LogP contribution in [-0.4, -0.2) is 41.0 Å². The number of nitrogens with zero attached hydrogens (tertiary/aromatic N) is 2. The van der Waals surface area contributed by atoms with Crippen molar-refractivity contribution in [2.24, 2.45) is 17.4 Å². The maximum Gasteiger partial charge on any atom is 0.312 e. The minimum atomic E-state index is -0.580. The zero-order chi connectivity index (χ0) is 18.4. The molecule has 3 amide bonds. The van der Waals surface area contributed by atoms with Crippen molar-refractivity contribution >= 4 is 24.3 Å². The Morgan fingerprint density at radius 1 is 1.35 bits per heavy atom. The molecule has 1 atom stereocenters. The summed E-state index contributed by atoms with van der Waals surface area (Å²) in [5, 5.41) is 2.49. The van der Waals surface area contributed by atoms with Crippen molar-refractivity contribution in [1.82, 2.24) is 15.2 Å². The molecule has 0 aliphatic carbocycles. The van der Waals surface area contributed by atoms with Gasteiger partial charge in [0.1, 0.15) is 11.5 Å². The van der Waals surface area contributed by atoms with Gasteiger partial charge in [0.2, 0.25) is 5.91 Å². The molecule has 0 unspecified atom stereocenters. The van der Waals surface area contributed by atoms with E-state index in [2.05, 4.69) is 24.1 Å². The summed E-state index contributed by atoms with van der Waals surface area (Å²) in [6.45, 7) is 5.81. The summed E-state index contributed by atoms with van der Waals surface area (Å²) in [7, 11) is 0. The molecule has 0 aromatic carbocycles. The van der Waals surface area contributed by atoms with Gasteiger partial charge in [0.25, 0.3) is 0 Å². The highest BCUT2D eigenvalue weighted by Gasteiger charge is 2.28. The molecule has 5 N–H and O–H groups in total. The number of fused-ring (bicyclic) bond motifs is 1. The van der Waals surface area contributed by atoms with Gasteiger partial charge in [0, 0.05) is 25.9 Å². The van der Waals surface area contributed by atoms with Gasteiger partial charge in [0.15, 0.2) is 5.89 Å². The lowest BCUT2D eigenvalue weighted by Gasteiger charge is -2.28. The van der Waals surface area contributed by atoms with E-state index in [1.165, 1.54) is 0 Å². The first-order valence-corrected chi connectivity index (χ1v) is 8.92. The van der Waals surface area contributed by atoms with Crippen molar-refractivity contribution in [3.63, 3.8) is 0 Å². The molecule has 1 aliphatic rings.